The first kappa shape index (κ1) is 29.2. The third-order valence-corrected chi connectivity index (χ3v) is 14.8. The van der Waals surface area contributed by atoms with Gasteiger partial charge in [0.15, 0.2) is 0 Å². The maximum atomic E-state index is 12.9. The van der Waals surface area contributed by atoms with E-state index in [2.05, 4.69) is 77.1 Å². The molecule has 0 amide bonds. The predicted molar refractivity (Wildman–Crippen MR) is 173 cm³/mol. The number of rotatable bonds is 6. The van der Waals surface area contributed by atoms with Crippen LogP contribution < -0.4 is 0 Å². The lowest BCUT2D eigenvalue weighted by molar-refractivity contribution is -0.0529. The molecule has 3 heteroatoms. The Morgan fingerprint density at radius 1 is 0.900 bits per heavy atom. The largest absolute Gasteiger partial charge is 0.459 e. The van der Waals surface area contributed by atoms with Crippen molar-refractivity contribution in [1.29, 1.82) is 0 Å². The molecular formula is C37H53IO2. The predicted octanol–water partition coefficient (Wildman–Crippen LogP) is 10.3. The van der Waals surface area contributed by atoms with Crippen molar-refractivity contribution in [1.82, 2.24) is 0 Å². The van der Waals surface area contributed by atoms with E-state index in [0.29, 0.717) is 27.7 Å². The van der Waals surface area contributed by atoms with Crippen molar-refractivity contribution in [3.8, 4) is 0 Å². The highest BCUT2D eigenvalue weighted by atomic mass is 127. The molecular weight excluding hydrogens is 603 g/mol. The lowest BCUT2D eigenvalue weighted by Gasteiger charge is -2.58. The summed E-state index contributed by atoms with van der Waals surface area (Å²) in [6, 6.07) is 7.78. The highest BCUT2D eigenvalue weighted by Crippen LogP contribution is 2.71. The molecule has 4 fully saturated rings. The van der Waals surface area contributed by atoms with Crippen LogP contribution in [0.2, 0.25) is 0 Å². The number of fused-ring (bicyclic) bond motifs is 5. The SMILES string of the molecule is CC(C)C(C)[C@@]1(C)C[C@@H]1[C@@H](C)[C@H]1CC[C@H]2C3=CC[C@H]4C[C@@H](OC(=O)c5ccc(I)cc5)CC[C@]4(C)[C@H]3CC[C@]12C. The van der Waals surface area contributed by atoms with Crippen LogP contribution >= 0.6 is 22.6 Å². The van der Waals surface area contributed by atoms with E-state index in [1.807, 2.05) is 29.8 Å². The van der Waals surface area contributed by atoms with Gasteiger partial charge in [-0.1, -0.05) is 60.1 Å². The number of esters is 1. The minimum Gasteiger partial charge on any atom is -0.459 e. The Morgan fingerprint density at radius 3 is 2.27 bits per heavy atom. The molecule has 1 aromatic rings. The van der Waals surface area contributed by atoms with Crippen LogP contribution in [0.4, 0.5) is 0 Å². The number of carbonyl (C=O) groups is 1. The summed E-state index contributed by atoms with van der Waals surface area (Å²) < 4.78 is 7.23. The van der Waals surface area contributed by atoms with Crippen LogP contribution in [0, 0.1) is 67.2 Å². The lowest BCUT2D eigenvalue weighted by Crippen LogP contribution is -2.50. The van der Waals surface area contributed by atoms with E-state index in [0.717, 1.165) is 57.8 Å². The van der Waals surface area contributed by atoms with E-state index in [-0.39, 0.29) is 12.1 Å². The number of hydrogen-bond donors (Lipinski definition) is 0. The Morgan fingerprint density at radius 2 is 1.57 bits per heavy atom. The molecule has 2 nitrogen and oxygen atoms in total. The van der Waals surface area contributed by atoms with Gasteiger partial charge in [-0.3, -0.25) is 0 Å². The first-order chi connectivity index (χ1) is 18.9. The van der Waals surface area contributed by atoms with E-state index >= 15 is 0 Å². The molecule has 5 aliphatic carbocycles. The van der Waals surface area contributed by atoms with Gasteiger partial charge in [0.2, 0.25) is 0 Å². The van der Waals surface area contributed by atoms with Crippen molar-refractivity contribution in [2.24, 2.45) is 63.6 Å². The lowest BCUT2D eigenvalue weighted by atomic mass is 9.47. The topological polar surface area (TPSA) is 26.3 Å². The minimum atomic E-state index is -0.147. The van der Waals surface area contributed by atoms with Gasteiger partial charge < -0.3 is 4.74 Å². The fraction of sp³-hybridized carbons (Fsp3) is 0.757. The summed E-state index contributed by atoms with van der Waals surface area (Å²) in [5, 5.41) is 0. The zero-order chi connectivity index (χ0) is 28.6. The second-order valence-electron chi connectivity index (χ2n) is 16.0. The van der Waals surface area contributed by atoms with Crippen LogP contribution in [0.1, 0.15) is 117 Å². The third-order valence-electron chi connectivity index (χ3n) is 14.1. The molecule has 0 spiro atoms. The molecule has 5 aliphatic rings. The zero-order valence-electron chi connectivity index (χ0n) is 26.1. The van der Waals surface area contributed by atoms with Crippen LogP contribution in [-0.2, 0) is 4.74 Å². The smallest absolute Gasteiger partial charge is 0.338 e. The molecule has 11 atom stereocenters. The molecule has 40 heavy (non-hydrogen) atoms. The Hall–Kier alpha value is -0.840. The summed E-state index contributed by atoms with van der Waals surface area (Å²) in [4.78, 5) is 12.9. The summed E-state index contributed by atoms with van der Waals surface area (Å²) in [5.41, 5.74) is 3.94. The van der Waals surface area contributed by atoms with Gasteiger partial charge in [-0.2, -0.15) is 0 Å². The maximum Gasteiger partial charge on any atom is 0.338 e. The molecule has 0 radical (unpaired) electrons. The Kier molecular flexibility index (Phi) is 7.61. The van der Waals surface area contributed by atoms with Crippen LogP contribution in [0.25, 0.3) is 0 Å². The Bertz CT molecular complexity index is 1150. The van der Waals surface area contributed by atoms with Crippen LogP contribution in [0.5, 0.6) is 0 Å². The average molecular weight is 657 g/mol. The first-order valence-electron chi connectivity index (χ1n) is 16.5. The van der Waals surface area contributed by atoms with Crippen molar-refractivity contribution >= 4 is 28.6 Å². The number of allylic oxidation sites excluding steroid dienone is 2. The highest BCUT2D eigenvalue weighted by Gasteiger charge is 2.63. The summed E-state index contributed by atoms with van der Waals surface area (Å²) in [6.07, 6.45) is 14.3. The van der Waals surface area contributed by atoms with E-state index in [1.165, 1.54) is 44.9 Å². The standard InChI is InChI=1S/C37H53IO2/c1-22(2)24(4)37(7)21-33(37)23(3)30-14-15-31-29-13-10-26-20-28(40-34(39)25-8-11-27(38)12-9-25)16-18-35(26,5)32(29)17-19-36(30,31)6/h8-9,11-13,22-24,26,28,30-33H,10,14-21H2,1-7H3/t23-,24?,26-,28-,30+,31-,32-,33+,35-,36+,37+/m0/s1. The molecule has 0 heterocycles. The summed E-state index contributed by atoms with van der Waals surface area (Å²) in [5.74, 6) is 6.27. The molecule has 0 bridgehead atoms. The number of ether oxygens (including phenoxy) is 1. The average Bonchev–Trinajstić information content (AvgIpc) is 3.49. The van der Waals surface area contributed by atoms with Crippen LogP contribution in [-0.4, -0.2) is 12.1 Å². The first-order valence-corrected chi connectivity index (χ1v) is 17.6. The number of benzene rings is 1. The van der Waals surface area contributed by atoms with E-state index in [4.69, 9.17) is 4.74 Å². The van der Waals surface area contributed by atoms with Gasteiger partial charge in [0.25, 0.3) is 0 Å². The molecule has 0 N–H and O–H groups in total. The monoisotopic (exact) mass is 656 g/mol. The van der Waals surface area contributed by atoms with Gasteiger partial charge in [0.05, 0.1) is 5.56 Å². The summed E-state index contributed by atoms with van der Waals surface area (Å²) in [6.45, 7) is 17.9. The van der Waals surface area contributed by atoms with Crippen LogP contribution in [0.3, 0.4) is 0 Å². The van der Waals surface area contributed by atoms with Gasteiger partial charge in [-0.05, 0) is 168 Å². The van der Waals surface area contributed by atoms with Gasteiger partial charge in [0.1, 0.15) is 6.10 Å². The molecule has 220 valence electrons. The van der Waals surface area contributed by atoms with Gasteiger partial charge >= 0.3 is 5.97 Å². The molecule has 0 aromatic heterocycles. The van der Waals surface area contributed by atoms with Crippen LogP contribution in [0.15, 0.2) is 35.9 Å². The number of carbonyl (C=O) groups excluding carboxylic acids is 1. The number of hydrogen-bond acceptors (Lipinski definition) is 2. The molecule has 0 aliphatic heterocycles. The van der Waals surface area contributed by atoms with Crippen molar-refractivity contribution in [2.45, 2.75) is 112 Å². The second-order valence-corrected chi connectivity index (χ2v) is 17.2. The molecule has 1 aromatic carbocycles. The normalized spacial score (nSPS) is 43.7. The van der Waals surface area contributed by atoms with E-state index in [9.17, 15) is 4.79 Å². The maximum absolute atomic E-state index is 12.9. The fourth-order valence-electron chi connectivity index (χ4n) is 11.1. The highest BCUT2D eigenvalue weighted by molar-refractivity contribution is 14.1. The summed E-state index contributed by atoms with van der Waals surface area (Å²) in [7, 11) is 0. The van der Waals surface area contributed by atoms with Crippen molar-refractivity contribution < 1.29 is 9.53 Å². The number of halogens is 1. The molecule has 0 saturated heterocycles. The van der Waals surface area contributed by atoms with Gasteiger partial charge in [0, 0.05) is 3.57 Å². The zero-order valence-corrected chi connectivity index (χ0v) is 28.3. The minimum absolute atomic E-state index is 0.0615. The second kappa shape index (κ2) is 10.4. The Balaban J connectivity index is 1.14. The van der Waals surface area contributed by atoms with Crippen molar-refractivity contribution in [3.63, 3.8) is 0 Å². The van der Waals surface area contributed by atoms with E-state index < -0.39 is 0 Å². The summed E-state index contributed by atoms with van der Waals surface area (Å²) >= 11 is 2.28. The molecule has 4 saturated carbocycles. The van der Waals surface area contributed by atoms with Gasteiger partial charge in [-0.15, -0.1) is 0 Å². The third kappa shape index (κ3) is 4.66. The fourth-order valence-corrected chi connectivity index (χ4v) is 11.4. The molecule has 6 rings (SSSR count). The van der Waals surface area contributed by atoms with E-state index in [1.54, 1.807) is 0 Å². The quantitative estimate of drug-likeness (QED) is 0.173. The van der Waals surface area contributed by atoms with Crippen molar-refractivity contribution in [2.75, 3.05) is 0 Å². The Labute approximate surface area is 258 Å². The molecule has 1 unspecified atom stereocenters. The van der Waals surface area contributed by atoms with Crippen molar-refractivity contribution in [3.05, 3.63) is 45.0 Å². The van der Waals surface area contributed by atoms with Gasteiger partial charge in [-0.25, -0.2) is 4.79 Å².